The highest BCUT2D eigenvalue weighted by Gasteiger charge is 2.06. The third kappa shape index (κ3) is 4.57. The second kappa shape index (κ2) is 8.01. The van der Waals surface area contributed by atoms with Gasteiger partial charge in [0.1, 0.15) is 5.82 Å². The van der Waals surface area contributed by atoms with Gasteiger partial charge in [-0.1, -0.05) is 36.4 Å². The molecule has 2 rings (SSSR count). The fourth-order valence-electron chi connectivity index (χ4n) is 1.82. The van der Waals surface area contributed by atoms with Crippen molar-refractivity contribution < 1.29 is 4.74 Å². The zero-order valence-corrected chi connectivity index (χ0v) is 12.2. The molecule has 5 nitrogen and oxygen atoms in total. The summed E-state index contributed by atoms with van der Waals surface area (Å²) in [7, 11) is 1.67. The number of rotatable bonds is 8. The van der Waals surface area contributed by atoms with Crippen LogP contribution in [0.1, 0.15) is 0 Å². The molecule has 21 heavy (non-hydrogen) atoms. The van der Waals surface area contributed by atoms with Crippen molar-refractivity contribution in [1.82, 2.24) is 9.97 Å². The van der Waals surface area contributed by atoms with Gasteiger partial charge in [-0.3, -0.25) is 0 Å². The van der Waals surface area contributed by atoms with Gasteiger partial charge in [-0.15, -0.1) is 6.58 Å². The zero-order valence-electron chi connectivity index (χ0n) is 12.2. The molecular weight excluding hydrogens is 264 g/mol. The van der Waals surface area contributed by atoms with Crippen molar-refractivity contribution >= 4 is 11.8 Å². The topological polar surface area (TPSA) is 59.1 Å². The Bertz CT molecular complexity index is 572. The van der Waals surface area contributed by atoms with Crippen molar-refractivity contribution in [3.8, 4) is 11.3 Å². The normalized spacial score (nSPS) is 10.1. The van der Waals surface area contributed by atoms with Crippen LogP contribution in [0.4, 0.5) is 11.8 Å². The van der Waals surface area contributed by atoms with Gasteiger partial charge in [0.05, 0.1) is 12.3 Å². The minimum Gasteiger partial charge on any atom is -0.383 e. The number of anilines is 2. The highest BCUT2D eigenvalue weighted by molar-refractivity contribution is 5.64. The third-order valence-corrected chi connectivity index (χ3v) is 2.81. The van der Waals surface area contributed by atoms with E-state index >= 15 is 0 Å². The SMILES string of the molecule is C=CCNc1nc(NCCOC)cc(-c2ccccc2)n1. The van der Waals surface area contributed by atoms with Gasteiger partial charge in [0.2, 0.25) is 5.95 Å². The van der Waals surface area contributed by atoms with E-state index in [2.05, 4.69) is 27.2 Å². The summed E-state index contributed by atoms with van der Waals surface area (Å²) in [6.45, 7) is 5.63. The van der Waals surface area contributed by atoms with E-state index in [0.717, 1.165) is 17.1 Å². The Kier molecular flexibility index (Phi) is 5.72. The lowest BCUT2D eigenvalue weighted by Gasteiger charge is -2.10. The monoisotopic (exact) mass is 284 g/mol. The summed E-state index contributed by atoms with van der Waals surface area (Å²) in [5, 5.41) is 6.35. The molecule has 0 aliphatic heterocycles. The Morgan fingerprint density at radius 3 is 2.71 bits per heavy atom. The second-order valence-corrected chi connectivity index (χ2v) is 4.42. The lowest BCUT2D eigenvalue weighted by atomic mass is 10.1. The van der Waals surface area contributed by atoms with E-state index in [1.165, 1.54) is 0 Å². The summed E-state index contributed by atoms with van der Waals surface area (Å²) in [5.41, 5.74) is 1.92. The van der Waals surface area contributed by atoms with Gasteiger partial charge >= 0.3 is 0 Å². The van der Waals surface area contributed by atoms with Crippen LogP contribution < -0.4 is 10.6 Å². The highest BCUT2D eigenvalue weighted by Crippen LogP contribution is 2.21. The molecule has 0 amide bonds. The quantitative estimate of drug-likeness (QED) is 0.576. The lowest BCUT2D eigenvalue weighted by Crippen LogP contribution is -2.11. The van der Waals surface area contributed by atoms with E-state index in [0.29, 0.717) is 25.6 Å². The van der Waals surface area contributed by atoms with Gasteiger partial charge in [0, 0.05) is 31.8 Å². The summed E-state index contributed by atoms with van der Waals surface area (Å²) in [4.78, 5) is 8.96. The number of hydrogen-bond acceptors (Lipinski definition) is 5. The standard InChI is InChI=1S/C16H20N4O/c1-3-9-18-16-19-14(13-7-5-4-6-8-13)12-15(20-16)17-10-11-21-2/h3-8,12H,1,9-11H2,2H3,(H2,17,18,19,20). The van der Waals surface area contributed by atoms with Crippen molar-refractivity contribution in [2.75, 3.05) is 37.4 Å². The average molecular weight is 284 g/mol. The molecule has 0 radical (unpaired) electrons. The van der Waals surface area contributed by atoms with Crippen LogP contribution in [0.5, 0.6) is 0 Å². The molecule has 0 atom stereocenters. The van der Waals surface area contributed by atoms with E-state index in [4.69, 9.17) is 4.74 Å². The Hall–Kier alpha value is -2.40. The molecule has 2 aromatic rings. The van der Waals surface area contributed by atoms with Gasteiger partial charge in [-0.25, -0.2) is 4.98 Å². The van der Waals surface area contributed by atoms with Crippen LogP contribution in [0.3, 0.4) is 0 Å². The maximum Gasteiger partial charge on any atom is 0.225 e. The Labute approximate surface area is 125 Å². The molecule has 0 fully saturated rings. The fourth-order valence-corrected chi connectivity index (χ4v) is 1.82. The molecule has 110 valence electrons. The van der Waals surface area contributed by atoms with E-state index < -0.39 is 0 Å². The average Bonchev–Trinajstić information content (AvgIpc) is 2.54. The number of nitrogens with zero attached hydrogens (tertiary/aromatic N) is 2. The Morgan fingerprint density at radius 1 is 1.19 bits per heavy atom. The molecule has 0 bridgehead atoms. The maximum atomic E-state index is 5.04. The molecule has 1 aromatic heterocycles. The Balaban J connectivity index is 2.25. The molecule has 0 unspecified atom stereocenters. The molecule has 0 saturated heterocycles. The van der Waals surface area contributed by atoms with Gasteiger partial charge in [-0.2, -0.15) is 4.98 Å². The predicted molar refractivity (Wildman–Crippen MR) is 86.5 cm³/mol. The van der Waals surface area contributed by atoms with E-state index in [1.807, 2.05) is 36.4 Å². The van der Waals surface area contributed by atoms with Crippen molar-refractivity contribution in [2.45, 2.75) is 0 Å². The van der Waals surface area contributed by atoms with E-state index in [9.17, 15) is 0 Å². The number of nitrogens with one attached hydrogen (secondary N) is 2. The van der Waals surface area contributed by atoms with Crippen LogP contribution in [0, 0.1) is 0 Å². The number of hydrogen-bond donors (Lipinski definition) is 2. The molecule has 0 aliphatic rings. The summed E-state index contributed by atoms with van der Waals surface area (Å²) in [5.74, 6) is 1.35. The molecule has 1 aromatic carbocycles. The van der Waals surface area contributed by atoms with E-state index in [1.54, 1.807) is 13.2 Å². The minimum absolute atomic E-state index is 0.580. The number of aromatic nitrogens is 2. The molecule has 0 saturated carbocycles. The third-order valence-electron chi connectivity index (χ3n) is 2.81. The van der Waals surface area contributed by atoms with Crippen LogP contribution in [-0.4, -0.2) is 36.8 Å². The van der Waals surface area contributed by atoms with Crippen molar-refractivity contribution in [1.29, 1.82) is 0 Å². The molecule has 2 N–H and O–H groups in total. The largest absolute Gasteiger partial charge is 0.383 e. The van der Waals surface area contributed by atoms with Gasteiger partial charge in [0.15, 0.2) is 0 Å². The fraction of sp³-hybridized carbons (Fsp3) is 0.250. The van der Waals surface area contributed by atoms with Crippen LogP contribution in [0.2, 0.25) is 0 Å². The van der Waals surface area contributed by atoms with Gasteiger partial charge in [-0.05, 0) is 0 Å². The maximum absolute atomic E-state index is 5.04. The van der Waals surface area contributed by atoms with Crippen LogP contribution in [-0.2, 0) is 4.74 Å². The van der Waals surface area contributed by atoms with Crippen LogP contribution in [0.15, 0.2) is 49.1 Å². The van der Waals surface area contributed by atoms with Crippen molar-refractivity contribution in [3.63, 3.8) is 0 Å². The first-order valence-electron chi connectivity index (χ1n) is 6.85. The summed E-state index contributed by atoms with van der Waals surface area (Å²) in [6.07, 6.45) is 1.77. The lowest BCUT2D eigenvalue weighted by molar-refractivity contribution is 0.210. The smallest absolute Gasteiger partial charge is 0.225 e. The molecule has 0 aliphatic carbocycles. The van der Waals surface area contributed by atoms with Gasteiger partial charge < -0.3 is 15.4 Å². The molecule has 0 spiro atoms. The second-order valence-electron chi connectivity index (χ2n) is 4.42. The summed E-state index contributed by atoms with van der Waals surface area (Å²) < 4.78 is 5.04. The molecule has 1 heterocycles. The molecular formula is C16H20N4O. The highest BCUT2D eigenvalue weighted by atomic mass is 16.5. The van der Waals surface area contributed by atoms with Crippen molar-refractivity contribution in [3.05, 3.63) is 49.1 Å². The number of benzene rings is 1. The minimum atomic E-state index is 0.580. The zero-order chi connectivity index (χ0) is 14.9. The number of methoxy groups -OCH3 is 1. The summed E-state index contributed by atoms with van der Waals surface area (Å²) in [6, 6.07) is 12.0. The van der Waals surface area contributed by atoms with Crippen LogP contribution in [0.25, 0.3) is 11.3 Å². The van der Waals surface area contributed by atoms with Gasteiger partial charge in [0.25, 0.3) is 0 Å². The first-order chi connectivity index (χ1) is 10.3. The Morgan fingerprint density at radius 2 is 2.00 bits per heavy atom. The molecule has 5 heteroatoms. The summed E-state index contributed by atoms with van der Waals surface area (Å²) >= 11 is 0. The predicted octanol–water partition coefficient (Wildman–Crippen LogP) is 2.80. The van der Waals surface area contributed by atoms with Crippen LogP contribution >= 0.6 is 0 Å². The van der Waals surface area contributed by atoms with Crippen molar-refractivity contribution in [2.24, 2.45) is 0 Å². The number of ether oxygens (including phenoxy) is 1. The first-order valence-corrected chi connectivity index (χ1v) is 6.85. The first kappa shape index (κ1) is 15.0. The van der Waals surface area contributed by atoms with E-state index in [-0.39, 0.29) is 0 Å².